The summed E-state index contributed by atoms with van der Waals surface area (Å²) in [4.78, 5) is 8.51. The van der Waals surface area contributed by atoms with Crippen LogP contribution in [0.3, 0.4) is 0 Å². The zero-order valence-corrected chi connectivity index (χ0v) is 12.1. The lowest BCUT2D eigenvalue weighted by Crippen LogP contribution is -2.44. The van der Waals surface area contributed by atoms with E-state index in [1.54, 1.807) is 13.2 Å². The molecule has 0 aliphatic heterocycles. The van der Waals surface area contributed by atoms with Gasteiger partial charge in [-0.15, -0.1) is 0 Å². The summed E-state index contributed by atoms with van der Waals surface area (Å²) in [5, 5.41) is 16.0. The number of anilines is 2. The Labute approximate surface area is 116 Å². The maximum atomic E-state index is 9.68. The summed E-state index contributed by atoms with van der Waals surface area (Å²) in [5.74, 6) is 1.31. The summed E-state index contributed by atoms with van der Waals surface area (Å²) in [5.41, 5.74) is -0.236. The molecule has 1 aromatic heterocycles. The molecule has 1 saturated carbocycles. The number of halogens is 1. The van der Waals surface area contributed by atoms with E-state index in [-0.39, 0.29) is 12.1 Å². The monoisotopic (exact) mass is 314 g/mol. The second-order valence-corrected chi connectivity index (χ2v) is 5.62. The molecule has 6 heteroatoms. The highest BCUT2D eigenvalue weighted by Gasteiger charge is 2.32. The van der Waals surface area contributed by atoms with Crippen LogP contribution in [0.25, 0.3) is 0 Å². The number of aliphatic hydroxyl groups excluding tert-OH is 1. The highest BCUT2D eigenvalue weighted by atomic mass is 79.9. The van der Waals surface area contributed by atoms with E-state index in [9.17, 15) is 5.11 Å². The third-order valence-electron chi connectivity index (χ3n) is 3.46. The Balaban J connectivity index is 2.20. The van der Waals surface area contributed by atoms with Crippen molar-refractivity contribution in [3.05, 3.63) is 10.7 Å². The molecule has 18 heavy (non-hydrogen) atoms. The van der Waals surface area contributed by atoms with E-state index in [0.29, 0.717) is 5.95 Å². The first kappa shape index (κ1) is 13.5. The van der Waals surface area contributed by atoms with Crippen molar-refractivity contribution < 1.29 is 5.11 Å². The number of aliphatic hydroxyl groups is 1. The van der Waals surface area contributed by atoms with Crippen molar-refractivity contribution in [1.82, 2.24) is 9.97 Å². The SMILES string of the molecule is CNc1ncc(Br)c(NC2(CO)CCCCC2)n1. The standard InChI is InChI=1S/C12H19BrN4O/c1-14-11-15-7-9(13)10(16-11)17-12(8-18)5-3-2-4-6-12/h7,18H,2-6,8H2,1H3,(H2,14,15,16,17). The minimum absolute atomic E-state index is 0.137. The van der Waals surface area contributed by atoms with Crippen LogP contribution in [-0.2, 0) is 0 Å². The Bertz CT molecular complexity index is 407. The van der Waals surface area contributed by atoms with Gasteiger partial charge in [-0.05, 0) is 28.8 Å². The van der Waals surface area contributed by atoms with Crippen molar-refractivity contribution in [1.29, 1.82) is 0 Å². The Hall–Kier alpha value is -0.880. The van der Waals surface area contributed by atoms with Crippen molar-refractivity contribution >= 4 is 27.7 Å². The number of hydrogen-bond acceptors (Lipinski definition) is 5. The van der Waals surface area contributed by atoms with E-state index in [0.717, 1.165) is 36.0 Å². The highest BCUT2D eigenvalue weighted by Crippen LogP contribution is 2.33. The molecule has 0 bridgehead atoms. The average Bonchev–Trinajstić information content (AvgIpc) is 2.42. The maximum Gasteiger partial charge on any atom is 0.224 e. The third kappa shape index (κ3) is 2.92. The largest absolute Gasteiger partial charge is 0.394 e. The second-order valence-electron chi connectivity index (χ2n) is 4.76. The molecule has 0 amide bonds. The summed E-state index contributed by atoms with van der Waals surface area (Å²) in [6.07, 6.45) is 7.22. The van der Waals surface area contributed by atoms with E-state index < -0.39 is 0 Å². The predicted octanol–water partition coefficient (Wildman–Crippen LogP) is 2.39. The zero-order valence-electron chi connectivity index (χ0n) is 10.5. The van der Waals surface area contributed by atoms with Gasteiger partial charge in [0.25, 0.3) is 0 Å². The van der Waals surface area contributed by atoms with Crippen molar-refractivity contribution in [3.63, 3.8) is 0 Å². The highest BCUT2D eigenvalue weighted by molar-refractivity contribution is 9.10. The fourth-order valence-corrected chi connectivity index (χ4v) is 2.67. The van der Waals surface area contributed by atoms with E-state index in [2.05, 4.69) is 36.5 Å². The van der Waals surface area contributed by atoms with Gasteiger partial charge in [-0.25, -0.2) is 4.98 Å². The fourth-order valence-electron chi connectivity index (χ4n) is 2.38. The lowest BCUT2D eigenvalue weighted by molar-refractivity contribution is 0.172. The molecule has 1 aliphatic rings. The normalized spacial score (nSPS) is 18.4. The van der Waals surface area contributed by atoms with Gasteiger partial charge in [-0.1, -0.05) is 19.3 Å². The van der Waals surface area contributed by atoms with Crippen LogP contribution in [0.2, 0.25) is 0 Å². The lowest BCUT2D eigenvalue weighted by atomic mass is 9.82. The van der Waals surface area contributed by atoms with Crippen LogP contribution in [0.15, 0.2) is 10.7 Å². The van der Waals surface area contributed by atoms with Crippen molar-refractivity contribution in [3.8, 4) is 0 Å². The van der Waals surface area contributed by atoms with Crippen LogP contribution in [0.5, 0.6) is 0 Å². The number of aromatic nitrogens is 2. The summed E-state index contributed by atoms with van der Waals surface area (Å²) in [6, 6.07) is 0. The van der Waals surface area contributed by atoms with Crippen LogP contribution in [0.4, 0.5) is 11.8 Å². The Kier molecular flexibility index (Phi) is 4.40. The maximum absolute atomic E-state index is 9.68. The molecular formula is C12H19BrN4O. The number of nitrogens with zero attached hydrogens (tertiary/aromatic N) is 2. The van der Waals surface area contributed by atoms with E-state index in [1.807, 2.05) is 0 Å². The van der Waals surface area contributed by atoms with Gasteiger partial charge in [0.05, 0.1) is 16.6 Å². The van der Waals surface area contributed by atoms with Gasteiger partial charge in [0.1, 0.15) is 5.82 Å². The van der Waals surface area contributed by atoms with E-state index in [1.165, 1.54) is 6.42 Å². The van der Waals surface area contributed by atoms with Gasteiger partial charge in [0, 0.05) is 13.2 Å². The summed E-state index contributed by atoms with van der Waals surface area (Å²) in [6.45, 7) is 0.137. The van der Waals surface area contributed by atoms with Crippen molar-refractivity contribution in [2.75, 3.05) is 24.3 Å². The Morgan fingerprint density at radius 1 is 1.39 bits per heavy atom. The number of rotatable bonds is 4. The molecule has 1 heterocycles. The van der Waals surface area contributed by atoms with Crippen LogP contribution in [-0.4, -0.2) is 34.3 Å². The van der Waals surface area contributed by atoms with Crippen molar-refractivity contribution in [2.45, 2.75) is 37.6 Å². The first-order chi connectivity index (χ1) is 8.69. The Morgan fingerprint density at radius 2 is 2.11 bits per heavy atom. The third-order valence-corrected chi connectivity index (χ3v) is 4.04. The van der Waals surface area contributed by atoms with Gasteiger partial charge in [-0.2, -0.15) is 4.98 Å². The van der Waals surface area contributed by atoms with Gasteiger partial charge in [0.15, 0.2) is 0 Å². The summed E-state index contributed by atoms with van der Waals surface area (Å²) >= 11 is 3.44. The molecule has 0 radical (unpaired) electrons. The minimum Gasteiger partial charge on any atom is -0.394 e. The zero-order chi connectivity index (χ0) is 13.0. The molecule has 100 valence electrons. The Morgan fingerprint density at radius 3 is 2.72 bits per heavy atom. The van der Waals surface area contributed by atoms with Gasteiger partial charge < -0.3 is 15.7 Å². The quantitative estimate of drug-likeness (QED) is 0.796. The molecule has 1 fully saturated rings. The smallest absolute Gasteiger partial charge is 0.224 e. The lowest BCUT2D eigenvalue weighted by Gasteiger charge is -2.37. The molecule has 5 nitrogen and oxygen atoms in total. The van der Waals surface area contributed by atoms with E-state index >= 15 is 0 Å². The number of hydrogen-bond donors (Lipinski definition) is 3. The van der Waals surface area contributed by atoms with Gasteiger partial charge in [-0.3, -0.25) is 0 Å². The van der Waals surface area contributed by atoms with Crippen LogP contribution >= 0.6 is 15.9 Å². The predicted molar refractivity (Wildman–Crippen MR) is 75.8 cm³/mol. The second kappa shape index (κ2) is 5.84. The van der Waals surface area contributed by atoms with E-state index in [4.69, 9.17) is 0 Å². The van der Waals surface area contributed by atoms with Crippen LogP contribution in [0, 0.1) is 0 Å². The molecule has 0 unspecified atom stereocenters. The molecule has 3 N–H and O–H groups in total. The first-order valence-electron chi connectivity index (χ1n) is 6.28. The van der Waals surface area contributed by atoms with Crippen LogP contribution in [0.1, 0.15) is 32.1 Å². The fraction of sp³-hybridized carbons (Fsp3) is 0.667. The molecule has 1 aliphatic carbocycles. The molecule has 0 aromatic carbocycles. The molecular weight excluding hydrogens is 296 g/mol. The van der Waals surface area contributed by atoms with Crippen molar-refractivity contribution in [2.24, 2.45) is 0 Å². The molecule has 0 saturated heterocycles. The molecule has 1 aromatic rings. The van der Waals surface area contributed by atoms with Crippen LogP contribution < -0.4 is 10.6 Å². The molecule has 2 rings (SSSR count). The number of nitrogens with one attached hydrogen (secondary N) is 2. The average molecular weight is 315 g/mol. The molecule has 0 spiro atoms. The van der Waals surface area contributed by atoms with Gasteiger partial charge in [0.2, 0.25) is 5.95 Å². The summed E-state index contributed by atoms with van der Waals surface area (Å²) < 4.78 is 0.819. The molecule has 0 atom stereocenters. The topological polar surface area (TPSA) is 70.1 Å². The first-order valence-corrected chi connectivity index (χ1v) is 7.08. The van der Waals surface area contributed by atoms with Gasteiger partial charge >= 0.3 is 0 Å². The summed E-state index contributed by atoms with van der Waals surface area (Å²) in [7, 11) is 1.79. The minimum atomic E-state index is -0.236.